The van der Waals surface area contributed by atoms with Crippen LogP contribution in [0.1, 0.15) is 15.9 Å². The van der Waals surface area contributed by atoms with Gasteiger partial charge in [0.15, 0.2) is 11.5 Å². The molecule has 1 amide bonds. The van der Waals surface area contributed by atoms with Crippen molar-refractivity contribution in [1.82, 2.24) is 4.98 Å². The van der Waals surface area contributed by atoms with Crippen LogP contribution in [0.2, 0.25) is 0 Å². The van der Waals surface area contributed by atoms with Crippen LogP contribution in [0.25, 0.3) is 10.9 Å². The molecule has 0 unspecified atom stereocenters. The topological polar surface area (TPSA) is 69.7 Å². The number of carbonyl (C=O) groups is 1. The number of anilines is 1. The van der Waals surface area contributed by atoms with Gasteiger partial charge in [-0.3, -0.25) is 9.78 Å². The number of amides is 1. The molecule has 0 fully saturated rings. The number of methoxy groups -OCH3 is 2. The van der Waals surface area contributed by atoms with E-state index < -0.39 is 0 Å². The molecule has 4 aromatic rings. The maximum Gasteiger partial charge on any atom is 0.255 e. The van der Waals surface area contributed by atoms with Crippen molar-refractivity contribution in [2.45, 2.75) is 6.61 Å². The Morgan fingerprint density at radius 1 is 0.903 bits per heavy atom. The quantitative estimate of drug-likeness (QED) is 0.457. The van der Waals surface area contributed by atoms with Crippen LogP contribution in [0.4, 0.5) is 5.69 Å². The van der Waals surface area contributed by atoms with E-state index in [1.807, 2.05) is 60.7 Å². The van der Waals surface area contributed by atoms with Crippen LogP contribution in [0.3, 0.4) is 0 Å². The van der Waals surface area contributed by atoms with Crippen LogP contribution < -0.4 is 19.5 Å². The lowest BCUT2D eigenvalue weighted by molar-refractivity contribution is 0.102. The lowest BCUT2D eigenvalue weighted by Crippen LogP contribution is -2.13. The third-order valence-corrected chi connectivity index (χ3v) is 4.84. The van der Waals surface area contributed by atoms with Gasteiger partial charge in [-0.2, -0.15) is 0 Å². The average molecular weight is 414 g/mol. The monoisotopic (exact) mass is 414 g/mol. The lowest BCUT2D eigenvalue weighted by atomic mass is 10.1. The first-order chi connectivity index (χ1) is 15.2. The Balaban J connectivity index is 1.61. The Labute approximate surface area is 180 Å². The highest BCUT2D eigenvalue weighted by atomic mass is 16.5. The van der Waals surface area contributed by atoms with E-state index in [1.54, 1.807) is 18.3 Å². The standard InChI is InChI=1S/C25H22N2O4/c1-29-22-14-18(15-23(30-2)24(22)31-16-17-8-4-3-5-9-17)25(28)27-21-12-6-11-20-19(21)10-7-13-26-20/h3-15H,16H2,1-2H3,(H,27,28). The van der Waals surface area contributed by atoms with E-state index in [9.17, 15) is 4.79 Å². The Morgan fingerprint density at radius 3 is 2.35 bits per heavy atom. The molecule has 6 heteroatoms. The smallest absolute Gasteiger partial charge is 0.255 e. The second-order valence-electron chi connectivity index (χ2n) is 6.81. The number of hydrogen-bond donors (Lipinski definition) is 1. The first kappa shape index (κ1) is 20.2. The van der Waals surface area contributed by atoms with Crippen molar-refractivity contribution >= 4 is 22.5 Å². The van der Waals surface area contributed by atoms with Gasteiger partial charge in [-0.15, -0.1) is 0 Å². The van der Waals surface area contributed by atoms with Crippen molar-refractivity contribution in [3.8, 4) is 17.2 Å². The van der Waals surface area contributed by atoms with Crippen molar-refractivity contribution in [3.63, 3.8) is 0 Å². The largest absolute Gasteiger partial charge is 0.493 e. The van der Waals surface area contributed by atoms with E-state index in [0.29, 0.717) is 35.1 Å². The van der Waals surface area contributed by atoms with Crippen molar-refractivity contribution in [2.75, 3.05) is 19.5 Å². The molecule has 0 radical (unpaired) electrons. The number of hydrogen-bond acceptors (Lipinski definition) is 5. The molecule has 0 aliphatic heterocycles. The molecule has 156 valence electrons. The molecule has 6 nitrogen and oxygen atoms in total. The number of ether oxygens (including phenoxy) is 3. The summed E-state index contributed by atoms with van der Waals surface area (Å²) in [7, 11) is 3.06. The zero-order chi connectivity index (χ0) is 21.6. The Kier molecular flexibility index (Phi) is 5.98. The highest BCUT2D eigenvalue weighted by Crippen LogP contribution is 2.39. The van der Waals surface area contributed by atoms with Gasteiger partial charge < -0.3 is 19.5 Å². The van der Waals surface area contributed by atoms with Crippen LogP contribution in [0.5, 0.6) is 17.2 Å². The van der Waals surface area contributed by atoms with Crippen LogP contribution >= 0.6 is 0 Å². The first-order valence-corrected chi connectivity index (χ1v) is 9.77. The Hall–Kier alpha value is -4.06. The number of carbonyl (C=O) groups excluding carboxylic acids is 1. The van der Waals surface area contributed by atoms with Crippen LogP contribution in [0.15, 0.2) is 79.0 Å². The summed E-state index contributed by atoms with van der Waals surface area (Å²) in [6.45, 7) is 0.349. The molecule has 1 N–H and O–H groups in total. The predicted octanol–water partition coefficient (Wildman–Crippen LogP) is 5.08. The molecule has 0 saturated heterocycles. The highest BCUT2D eigenvalue weighted by Gasteiger charge is 2.18. The molecule has 3 aromatic carbocycles. The number of aromatic nitrogens is 1. The molecule has 4 rings (SSSR count). The van der Waals surface area contributed by atoms with Crippen molar-refractivity contribution in [3.05, 3.63) is 90.1 Å². The third-order valence-electron chi connectivity index (χ3n) is 4.84. The van der Waals surface area contributed by atoms with Crippen molar-refractivity contribution < 1.29 is 19.0 Å². The van der Waals surface area contributed by atoms with Crippen LogP contribution in [-0.4, -0.2) is 25.1 Å². The second-order valence-corrected chi connectivity index (χ2v) is 6.81. The van der Waals surface area contributed by atoms with Gasteiger partial charge in [0.25, 0.3) is 5.91 Å². The summed E-state index contributed by atoms with van der Waals surface area (Å²) in [5, 5.41) is 3.81. The predicted molar refractivity (Wildman–Crippen MR) is 120 cm³/mol. The summed E-state index contributed by atoms with van der Waals surface area (Å²) in [5.41, 5.74) is 2.89. The Bertz CT molecular complexity index is 1180. The van der Waals surface area contributed by atoms with E-state index in [4.69, 9.17) is 14.2 Å². The van der Waals surface area contributed by atoms with Crippen LogP contribution in [-0.2, 0) is 6.61 Å². The van der Waals surface area contributed by atoms with Crippen molar-refractivity contribution in [1.29, 1.82) is 0 Å². The van der Waals surface area contributed by atoms with Gasteiger partial charge in [-0.25, -0.2) is 0 Å². The molecule has 0 saturated carbocycles. The zero-order valence-corrected chi connectivity index (χ0v) is 17.3. The molecule has 0 aliphatic rings. The minimum absolute atomic E-state index is 0.289. The fourth-order valence-electron chi connectivity index (χ4n) is 3.29. The maximum atomic E-state index is 13.0. The number of fused-ring (bicyclic) bond motifs is 1. The summed E-state index contributed by atoms with van der Waals surface area (Å²) >= 11 is 0. The van der Waals surface area contributed by atoms with E-state index in [-0.39, 0.29) is 5.91 Å². The van der Waals surface area contributed by atoms with E-state index in [0.717, 1.165) is 16.5 Å². The average Bonchev–Trinajstić information content (AvgIpc) is 2.83. The minimum atomic E-state index is -0.289. The number of pyridine rings is 1. The lowest BCUT2D eigenvalue weighted by Gasteiger charge is -2.16. The normalized spacial score (nSPS) is 10.5. The minimum Gasteiger partial charge on any atom is -0.493 e. The van der Waals surface area contributed by atoms with Gasteiger partial charge >= 0.3 is 0 Å². The Morgan fingerprint density at radius 2 is 1.65 bits per heavy atom. The van der Waals surface area contributed by atoms with E-state index in [1.165, 1.54) is 14.2 Å². The van der Waals surface area contributed by atoms with Gasteiger partial charge in [0.05, 0.1) is 25.4 Å². The maximum absolute atomic E-state index is 13.0. The number of nitrogens with one attached hydrogen (secondary N) is 1. The van der Waals surface area contributed by atoms with Gasteiger partial charge in [0.2, 0.25) is 5.75 Å². The fraction of sp³-hybridized carbons (Fsp3) is 0.120. The molecule has 31 heavy (non-hydrogen) atoms. The first-order valence-electron chi connectivity index (χ1n) is 9.77. The van der Waals surface area contributed by atoms with Crippen molar-refractivity contribution in [2.24, 2.45) is 0 Å². The third kappa shape index (κ3) is 4.43. The number of benzene rings is 3. The molecular formula is C25H22N2O4. The summed E-state index contributed by atoms with van der Waals surface area (Å²) in [6.07, 6.45) is 1.72. The van der Waals surface area contributed by atoms with E-state index >= 15 is 0 Å². The van der Waals surface area contributed by atoms with Crippen LogP contribution in [0, 0.1) is 0 Å². The molecule has 0 atom stereocenters. The summed E-state index contributed by atoms with van der Waals surface area (Å²) in [6, 6.07) is 22.4. The van der Waals surface area contributed by atoms with Gasteiger partial charge in [0, 0.05) is 17.1 Å². The molecule has 1 aromatic heterocycles. The molecule has 0 aliphatic carbocycles. The summed E-state index contributed by atoms with van der Waals surface area (Å²) < 4.78 is 16.9. The molecular weight excluding hydrogens is 392 g/mol. The number of nitrogens with zero attached hydrogens (tertiary/aromatic N) is 1. The highest BCUT2D eigenvalue weighted by molar-refractivity contribution is 6.09. The summed E-state index contributed by atoms with van der Waals surface area (Å²) in [5.74, 6) is 0.988. The SMILES string of the molecule is COc1cc(C(=O)Nc2cccc3ncccc23)cc(OC)c1OCc1ccccc1. The molecule has 0 spiro atoms. The molecule has 0 bridgehead atoms. The fourth-order valence-corrected chi connectivity index (χ4v) is 3.29. The molecule has 1 heterocycles. The number of rotatable bonds is 7. The van der Waals surface area contributed by atoms with Gasteiger partial charge in [-0.1, -0.05) is 36.4 Å². The van der Waals surface area contributed by atoms with Gasteiger partial charge in [-0.05, 0) is 42.0 Å². The van der Waals surface area contributed by atoms with E-state index in [2.05, 4.69) is 10.3 Å². The van der Waals surface area contributed by atoms with Gasteiger partial charge in [0.1, 0.15) is 6.61 Å². The summed E-state index contributed by atoms with van der Waals surface area (Å²) in [4.78, 5) is 17.3. The zero-order valence-electron chi connectivity index (χ0n) is 17.3. The second kappa shape index (κ2) is 9.17.